The summed E-state index contributed by atoms with van der Waals surface area (Å²) in [6.07, 6.45) is 2.53. The normalized spacial score (nSPS) is 13.4. The van der Waals surface area contributed by atoms with E-state index in [1.54, 1.807) is 25.3 Å². The fraction of sp³-hybridized carbons (Fsp3) is 0.400. The Bertz CT molecular complexity index is 524. The minimum atomic E-state index is -0.0737. The van der Waals surface area contributed by atoms with Crippen molar-refractivity contribution in [2.75, 3.05) is 13.7 Å². The van der Waals surface area contributed by atoms with Crippen molar-refractivity contribution in [1.82, 2.24) is 5.32 Å². The third-order valence-electron chi connectivity index (χ3n) is 2.83. The molecule has 4 nitrogen and oxygen atoms in total. The highest BCUT2D eigenvalue weighted by atomic mass is 16.5. The Morgan fingerprint density at radius 1 is 1.53 bits per heavy atom. The Hall–Kier alpha value is -1.99. The summed E-state index contributed by atoms with van der Waals surface area (Å²) in [4.78, 5) is 11.9. The Morgan fingerprint density at radius 3 is 2.95 bits per heavy atom. The zero-order valence-corrected chi connectivity index (χ0v) is 10.9. The number of aliphatic hydroxyl groups is 1. The zero-order valence-electron chi connectivity index (χ0n) is 10.9. The van der Waals surface area contributed by atoms with E-state index < -0.39 is 0 Å². The molecule has 1 fully saturated rings. The van der Waals surface area contributed by atoms with E-state index in [0.717, 1.165) is 12.8 Å². The van der Waals surface area contributed by atoms with Crippen molar-refractivity contribution in [3.05, 3.63) is 29.3 Å². The van der Waals surface area contributed by atoms with Crippen molar-refractivity contribution in [3.63, 3.8) is 0 Å². The molecule has 0 heterocycles. The van der Waals surface area contributed by atoms with Gasteiger partial charge in [0.1, 0.15) is 5.75 Å². The molecule has 1 amide bonds. The standard InChI is InChI=1S/C15H17NO3/c1-19-14-8-5-12(15(18)16-13-6-7-13)10-11(14)4-2-3-9-17/h5,8,10,13,17H,3,6-7,9H2,1H3,(H,16,18). The van der Waals surface area contributed by atoms with Crippen molar-refractivity contribution < 1.29 is 14.6 Å². The number of hydrogen-bond acceptors (Lipinski definition) is 3. The summed E-state index contributed by atoms with van der Waals surface area (Å²) in [6.45, 7) is 0.0250. The molecule has 2 rings (SSSR count). The van der Waals surface area contributed by atoms with E-state index in [2.05, 4.69) is 17.2 Å². The lowest BCUT2D eigenvalue weighted by Gasteiger charge is -2.07. The van der Waals surface area contributed by atoms with Gasteiger partial charge < -0.3 is 15.2 Å². The molecule has 0 saturated heterocycles. The molecule has 0 aliphatic heterocycles. The number of aliphatic hydroxyl groups excluding tert-OH is 1. The van der Waals surface area contributed by atoms with Crippen LogP contribution in [0.25, 0.3) is 0 Å². The molecule has 1 saturated carbocycles. The van der Waals surface area contributed by atoms with Gasteiger partial charge in [-0.05, 0) is 31.0 Å². The van der Waals surface area contributed by atoms with Gasteiger partial charge in [-0.25, -0.2) is 0 Å². The number of carbonyl (C=O) groups is 1. The Labute approximate surface area is 112 Å². The monoisotopic (exact) mass is 259 g/mol. The lowest BCUT2D eigenvalue weighted by molar-refractivity contribution is 0.0951. The fourth-order valence-corrected chi connectivity index (χ4v) is 1.66. The summed E-state index contributed by atoms with van der Waals surface area (Å²) in [6, 6.07) is 5.53. The fourth-order valence-electron chi connectivity index (χ4n) is 1.66. The molecule has 0 spiro atoms. The van der Waals surface area contributed by atoms with E-state index in [9.17, 15) is 4.79 Å². The first-order chi connectivity index (χ1) is 9.24. The maximum atomic E-state index is 11.9. The number of carbonyl (C=O) groups excluding carboxylic acids is 1. The van der Waals surface area contributed by atoms with Crippen LogP contribution in [0.5, 0.6) is 5.75 Å². The van der Waals surface area contributed by atoms with Gasteiger partial charge in [0.2, 0.25) is 0 Å². The highest BCUT2D eigenvalue weighted by molar-refractivity contribution is 5.95. The number of rotatable bonds is 4. The third kappa shape index (κ3) is 3.73. The molecule has 0 radical (unpaired) electrons. The second-order valence-corrected chi connectivity index (χ2v) is 4.44. The Kier molecular flexibility index (Phi) is 4.43. The molecule has 0 atom stereocenters. The largest absolute Gasteiger partial charge is 0.495 e. The van der Waals surface area contributed by atoms with Gasteiger partial charge in [-0.15, -0.1) is 0 Å². The van der Waals surface area contributed by atoms with Crippen LogP contribution in [0, 0.1) is 11.8 Å². The van der Waals surface area contributed by atoms with Crippen molar-refractivity contribution >= 4 is 5.91 Å². The van der Waals surface area contributed by atoms with Crippen LogP contribution in [-0.2, 0) is 0 Å². The van der Waals surface area contributed by atoms with Crippen LogP contribution in [0.1, 0.15) is 35.2 Å². The first kappa shape index (κ1) is 13.4. The molecule has 100 valence electrons. The Morgan fingerprint density at radius 2 is 2.32 bits per heavy atom. The van der Waals surface area contributed by atoms with Gasteiger partial charge in [-0.1, -0.05) is 11.8 Å². The molecular weight excluding hydrogens is 242 g/mol. The number of amides is 1. The highest BCUT2D eigenvalue weighted by Gasteiger charge is 2.23. The molecule has 0 bridgehead atoms. The van der Waals surface area contributed by atoms with Gasteiger partial charge in [0.25, 0.3) is 5.91 Å². The van der Waals surface area contributed by atoms with Crippen LogP contribution in [0.15, 0.2) is 18.2 Å². The summed E-state index contributed by atoms with van der Waals surface area (Å²) in [5.41, 5.74) is 1.25. The average Bonchev–Trinajstić information content (AvgIpc) is 3.23. The number of methoxy groups -OCH3 is 1. The minimum absolute atomic E-state index is 0.0250. The molecule has 1 aromatic carbocycles. The summed E-state index contributed by atoms with van der Waals surface area (Å²) in [5, 5.41) is 11.7. The first-order valence-corrected chi connectivity index (χ1v) is 6.33. The van der Waals surface area contributed by atoms with Crippen LogP contribution in [0.2, 0.25) is 0 Å². The van der Waals surface area contributed by atoms with E-state index in [0.29, 0.717) is 29.3 Å². The average molecular weight is 259 g/mol. The predicted octanol–water partition coefficient (Wildman–Crippen LogP) is 1.32. The smallest absolute Gasteiger partial charge is 0.251 e. The van der Waals surface area contributed by atoms with Crippen LogP contribution in [0.4, 0.5) is 0 Å². The topological polar surface area (TPSA) is 58.6 Å². The van der Waals surface area contributed by atoms with Crippen LogP contribution >= 0.6 is 0 Å². The zero-order chi connectivity index (χ0) is 13.7. The van der Waals surface area contributed by atoms with Gasteiger partial charge in [-0.3, -0.25) is 4.79 Å². The van der Waals surface area contributed by atoms with Gasteiger partial charge in [0.05, 0.1) is 19.3 Å². The van der Waals surface area contributed by atoms with E-state index >= 15 is 0 Å². The Balaban J connectivity index is 2.19. The lowest BCUT2D eigenvalue weighted by atomic mass is 10.1. The van der Waals surface area contributed by atoms with Crippen molar-refractivity contribution in [1.29, 1.82) is 0 Å². The second-order valence-electron chi connectivity index (χ2n) is 4.44. The summed E-state index contributed by atoms with van der Waals surface area (Å²) >= 11 is 0. The predicted molar refractivity (Wildman–Crippen MR) is 72.1 cm³/mol. The molecule has 1 aliphatic rings. The summed E-state index contributed by atoms with van der Waals surface area (Å²) in [5.74, 6) is 6.31. The van der Waals surface area contributed by atoms with Crippen molar-refractivity contribution in [3.8, 4) is 17.6 Å². The minimum Gasteiger partial charge on any atom is -0.495 e. The van der Waals surface area contributed by atoms with Crippen LogP contribution in [-0.4, -0.2) is 30.8 Å². The number of ether oxygens (including phenoxy) is 1. The van der Waals surface area contributed by atoms with E-state index in [-0.39, 0.29) is 12.5 Å². The number of benzene rings is 1. The third-order valence-corrected chi connectivity index (χ3v) is 2.83. The summed E-state index contributed by atoms with van der Waals surface area (Å²) in [7, 11) is 1.57. The molecule has 0 unspecified atom stereocenters. The molecule has 1 aromatic rings. The van der Waals surface area contributed by atoms with Gasteiger partial charge in [-0.2, -0.15) is 0 Å². The maximum absolute atomic E-state index is 11.9. The number of nitrogens with one attached hydrogen (secondary N) is 1. The first-order valence-electron chi connectivity index (χ1n) is 6.33. The van der Waals surface area contributed by atoms with E-state index in [4.69, 9.17) is 9.84 Å². The van der Waals surface area contributed by atoms with Gasteiger partial charge >= 0.3 is 0 Å². The molecule has 4 heteroatoms. The lowest BCUT2D eigenvalue weighted by Crippen LogP contribution is -2.25. The van der Waals surface area contributed by atoms with Gasteiger partial charge in [0.15, 0.2) is 0 Å². The molecule has 1 aliphatic carbocycles. The van der Waals surface area contributed by atoms with Crippen LogP contribution < -0.4 is 10.1 Å². The van der Waals surface area contributed by atoms with Crippen molar-refractivity contribution in [2.45, 2.75) is 25.3 Å². The maximum Gasteiger partial charge on any atom is 0.251 e. The second kappa shape index (κ2) is 6.26. The SMILES string of the molecule is COc1ccc(C(=O)NC2CC2)cc1C#CCCO. The molecule has 2 N–H and O–H groups in total. The number of hydrogen-bond donors (Lipinski definition) is 2. The molecular formula is C15H17NO3. The van der Waals surface area contributed by atoms with E-state index in [1.807, 2.05) is 0 Å². The highest BCUT2D eigenvalue weighted by Crippen LogP contribution is 2.22. The molecule has 19 heavy (non-hydrogen) atoms. The van der Waals surface area contributed by atoms with E-state index in [1.165, 1.54) is 0 Å². The summed E-state index contributed by atoms with van der Waals surface area (Å²) < 4.78 is 5.21. The van der Waals surface area contributed by atoms with Gasteiger partial charge in [0, 0.05) is 18.0 Å². The van der Waals surface area contributed by atoms with Crippen molar-refractivity contribution in [2.24, 2.45) is 0 Å². The van der Waals surface area contributed by atoms with Crippen LogP contribution in [0.3, 0.4) is 0 Å². The quantitative estimate of drug-likeness (QED) is 0.802. The molecule has 0 aromatic heterocycles.